The largest absolute Gasteiger partial charge is 0.480 e. The number of carboxylic acids is 1. The van der Waals surface area contributed by atoms with Crippen molar-refractivity contribution in [2.45, 2.75) is 72.1 Å². The van der Waals surface area contributed by atoms with Gasteiger partial charge in [0.2, 0.25) is 0 Å². The molecule has 25 heavy (non-hydrogen) atoms. The van der Waals surface area contributed by atoms with Crippen molar-refractivity contribution in [1.29, 1.82) is 0 Å². The molecule has 0 aromatic heterocycles. The van der Waals surface area contributed by atoms with E-state index in [1.807, 2.05) is 37.3 Å². The minimum Gasteiger partial charge on any atom is -0.480 e. The van der Waals surface area contributed by atoms with Crippen molar-refractivity contribution in [3.8, 4) is 0 Å². The molecule has 0 saturated heterocycles. The average molecular weight is 349 g/mol. The van der Waals surface area contributed by atoms with Gasteiger partial charge in [0.1, 0.15) is 11.6 Å². The number of carbonyl (C=O) groups is 2. The van der Waals surface area contributed by atoms with Gasteiger partial charge in [-0.05, 0) is 38.7 Å². The van der Waals surface area contributed by atoms with Gasteiger partial charge >= 0.3 is 12.1 Å². The SMILES string of the molecule is CCCC[C@H](C)C(C(=O)O)N(Cc1ccccc1)C(=O)OC(C)(C)C. The summed E-state index contributed by atoms with van der Waals surface area (Å²) in [6.07, 6.45) is 2.08. The van der Waals surface area contributed by atoms with Crippen LogP contribution in [0.1, 0.15) is 59.4 Å². The molecule has 0 heterocycles. The van der Waals surface area contributed by atoms with Crippen LogP contribution in [0.15, 0.2) is 30.3 Å². The Morgan fingerprint density at radius 3 is 2.28 bits per heavy atom. The standard InChI is InChI=1S/C20H31NO4/c1-6-7-11-15(2)17(18(22)23)21(19(24)25-20(3,4)5)14-16-12-9-8-10-13-16/h8-10,12-13,15,17H,6-7,11,14H2,1-5H3,(H,22,23)/t15-,17?/m0/s1. The highest BCUT2D eigenvalue weighted by atomic mass is 16.6. The second-order valence-corrected chi connectivity index (χ2v) is 7.50. The second-order valence-electron chi connectivity index (χ2n) is 7.50. The zero-order valence-electron chi connectivity index (χ0n) is 16.0. The van der Waals surface area contributed by atoms with E-state index < -0.39 is 23.7 Å². The molecule has 140 valence electrons. The molecule has 1 rings (SSSR count). The first-order valence-corrected chi connectivity index (χ1v) is 8.92. The van der Waals surface area contributed by atoms with Crippen LogP contribution in [0.5, 0.6) is 0 Å². The number of amides is 1. The third-order valence-electron chi connectivity index (χ3n) is 3.96. The number of aliphatic carboxylic acids is 1. The fraction of sp³-hybridized carbons (Fsp3) is 0.600. The Bertz CT molecular complexity index is 551. The number of ether oxygens (including phenoxy) is 1. The van der Waals surface area contributed by atoms with Crippen molar-refractivity contribution in [1.82, 2.24) is 4.90 Å². The Balaban J connectivity index is 3.11. The predicted octanol–water partition coefficient (Wildman–Crippen LogP) is 4.70. The predicted molar refractivity (Wildman–Crippen MR) is 98.3 cm³/mol. The fourth-order valence-electron chi connectivity index (χ4n) is 2.74. The molecule has 1 unspecified atom stereocenters. The molecule has 0 spiro atoms. The Morgan fingerprint density at radius 2 is 1.80 bits per heavy atom. The number of benzene rings is 1. The van der Waals surface area contributed by atoms with Crippen molar-refractivity contribution in [2.24, 2.45) is 5.92 Å². The molecule has 5 nitrogen and oxygen atoms in total. The van der Waals surface area contributed by atoms with Gasteiger partial charge in [0.15, 0.2) is 0 Å². The number of unbranched alkanes of at least 4 members (excludes halogenated alkanes) is 1. The molecule has 5 heteroatoms. The number of carbonyl (C=O) groups excluding carboxylic acids is 1. The Morgan fingerprint density at radius 1 is 1.20 bits per heavy atom. The van der Waals surface area contributed by atoms with Crippen LogP contribution in [-0.4, -0.2) is 33.7 Å². The summed E-state index contributed by atoms with van der Waals surface area (Å²) in [6.45, 7) is 9.50. The van der Waals surface area contributed by atoms with Gasteiger partial charge in [0.05, 0.1) is 0 Å². The van der Waals surface area contributed by atoms with Crippen molar-refractivity contribution >= 4 is 12.1 Å². The summed E-state index contributed by atoms with van der Waals surface area (Å²) in [5, 5.41) is 9.79. The molecule has 0 aliphatic carbocycles. The Labute approximate surface area is 151 Å². The molecule has 2 atom stereocenters. The van der Waals surface area contributed by atoms with Crippen LogP contribution < -0.4 is 0 Å². The number of hydrogen-bond acceptors (Lipinski definition) is 3. The third-order valence-corrected chi connectivity index (χ3v) is 3.96. The summed E-state index contributed by atoms with van der Waals surface area (Å²) in [7, 11) is 0. The smallest absolute Gasteiger partial charge is 0.411 e. The van der Waals surface area contributed by atoms with E-state index in [9.17, 15) is 14.7 Å². The van der Waals surface area contributed by atoms with E-state index in [2.05, 4.69) is 6.92 Å². The second kappa shape index (κ2) is 9.44. The van der Waals surface area contributed by atoms with E-state index >= 15 is 0 Å². The number of nitrogens with zero attached hydrogens (tertiary/aromatic N) is 1. The quantitative estimate of drug-likeness (QED) is 0.738. The highest BCUT2D eigenvalue weighted by Crippen LogP contribution is 2.23. The lowest BCUT2D eigenvalue weighted by Crippen LogP contribution is -2.49. The Hall–Kier alpha value is -2.04. The molecule has 0 fully saturated rings. The fourth-order valence-corrected chi connectivity index (χ4v) is 2.74. The van der Waals surface area contributed by atoms with Crippen molar-refractivity contribution < 1.29 is 19.4 Å². The molecule has 1 aromatic carbocycles. The van der Waals surface area contributed by atoms with Gasteiger partial charge in [-0.15, -0.1) is 0 Å². The summed E-state index contributed by atoms with van der Waals surface area (Å²) in [5.41, 5.74) is 0.198. The molecular weight excluding hydrogens is 318 g/mol. The minimum absolute atomic E-state index is 0.159. The van der Waals surface area contributed by atoms with E-state index in [0.717, 1.165) is 24.8 Å². The zero-order chi connectivity index (χ0) is 19.0. The van der Waals surface area contributed by atoms with E-state index in [1.165, 1.54) is 4.90 Å². The van der Waals surface area contributed by atoms with Crippen LogP contribution in [0.25, 0.3) is 0 Å². The van der Waals surface area contributed by atoms with E-state index in [1.54, 1.807) is 20.8 Å². The number of hydrogen-bond donors (Lipinski definition) is 1. The maximum Gasteiger partial charge on any atom is 0.411 e. The molecule has 1 N–H and O–H groups in total. The maximum absolute atomic E-state index is 12.7. The molecule has 0 aliphatic heterocycles. The van der Waals surface area contributed by atoms with E-state index in [0.29, 0.717) is 0 Å². The summed E-state index contributed by atoms with van der Waals surface area (Å²) in [5.74, 6) is -1.15. The first-order chi connectivity index (χ1) is 11.7. The molecule has 0 saturated carbocycles. The highest BCUT2D eigenvalue weighted by molar-refractivity contribution is 5.80. The van der Waals surface area contributed by atoms with Crippen molar-refractivity contribution in [2.75, 3.05) is 0 Å². The van der Waals surface area contributed by atoms with Gasteiger partial charge < -0.3 is 9.84 Å². The zero-order valence-corrected chi connectivity index (χ0v) is 16.0. The monoisotopic (exact) mass is 349 g/mol. The van der Waals surface area contributed by atoms with Crippen LogP contribution in [0.4, 0.5) is 4.79 Å². The van der Waals surface area contributed by atoms with Crippen LogP contribution in [0, 0.1) is 5.92 Å². The van der Waals surface area contributed by atoms with Gasteiger partial charge in [-0.3, -0.25) is 4.90 Å². The maximum atomic E-state index is 12.7. The van der Waals surface area contributed by atoms with Crippen LogP contribution in [0.3, 0.4) is 0 Å². The number of rotatable bonds is 8. The van der Waals surface area contributed by atoms with Gasteiger partial charge in [0.25, 0.3) is 0 Å². The van der Waals surface area contributed by atoms with Gasteiger partial charge in [-0.1, -0.05) is 57.0 Å². The molecule has 0 aliphatic rings. The first kappa shape index (κ1) is 21.0. The summed E-state index contributed by atoms with van der Waals surface area (Å²) in [6, 6.07) is 8.49. The Kier molecular flexibility index (Phi) is 7.94. The topological polar surface area (TPSA) is 66.8 Å². The lowest BCUT2D eigenvalue weighted by molar-refractivity contribution is -0.145. The normalized spacial score (nSPS) is 13.8. The summed E-state index contributed by atoms with van der Waals surface area (Å²) < 4.78 is 5.48. The summed E-state index contributed by atoms with van der Waals surface area (Å²) in [4.78, 5) is 26.0. The number of carboxylic acid groups (broad SMARTS) is 1. The highest BCUT2D eigenvalue weighted by Gasteiger charge is 2.36. The van der Waals surface area contributed by atoms with Gasteiger partial charge in [0, 0.05) is 6.54 Å². The van der Waals surface area contributed by atoms with E-state index in [-0.39, 0.29) is 12.5 Å². The van der Waals surface area contributed by atoms with Gasteiger partial charge in [-0.2, -0.15) is 0 Å². The molecular formula is C20H31NO4. The lowest BCUT2D eigenvalue weighted by atomic mass is 9.94. The molecule has 1 aromatic rings. The molecule has 0 bridgehead atoms. The van der Waals surface area contributed by atoms with E-state index in [4.69, 9.17) is 4.74 Å². The molecule has 1 amide bonds. The average Bonchev–Trinajstić information content (AvgIpc) is 2.51. The third kappa shape index (κ3) is 7.16. The first-order valence-electron chi connectivity index (χ1n) is 8.92. The van der Waals surface area contributed by atoms with Crippen LogP contribution in [0.2, 0.25) is 0 Å². The molecule has 0 radical (unpaired) electrons. The summed E-state index contributed by atoms with van der Waals surface area (Å²) >= 11 is 0. The van der Waals surface area contributed by atoms with Crippen molar-refractivity contribution in [3.63, 3.8) is 0 Å². The lowest BCUT2D eigenvalue weighted by Gasteiger charge is -2.34. The minimum atomic E-state index is -0.995. The van der Waals surface area contributed by atoms with Crippen LogP contribution >= 0.6 is 0 Å². The van der Waals surface area contributed by atoms with Crippen molar-refractivity contribution in [3.05, 3.63) is 35.9 Å². The van der Waals surface area contributed by atoms with Crippen LogP contribution in [-0.2, 0) is 16.1 Å². The van der Waals surface area contributed by atoms with Gasteiger partial charge in [-0.25, -0.2) is 9.59 Å².